The van der Waals surface area contributed by atoms with Gasteiger partial charge in [-0.05, 0) is 24.4 Å². The van der Waals surface area contributed by atoms with Crippen LogP contribution in [0.3, 0.4) is 0 Å². The van der Waals surface area contributed by atoms with Crippen LogP contribution in [0.2, 0.25) is 0 Å². The number of hydrogen-bond acceptors (Lipinski definition) is 3. The number of thiocarbonyl (C=S) groups is 1. The van der Waals surface area contributed by atoms with Crippen molar-refractivity contribution in [3.05, 3.63) is 24.0 Å². The molecule has 0 aromatic heterocycles. The van der Waals surface area contributed by atoms with Crippen LogP contribution in [0.5, 0.6) is 0 Å². The molecular weight excluding hydrogens is 241 g/mol. The molecular formula is C7H8FN3O2S2. The summed E-state index contributed by atoms with van der Waals surface area (Å²) in [6.45, 7) is 0. The summed E-state index contributed by atoms with van der Waals surface area (Å²) in [6, 6.07) is 3.44. The highest BCUT2D eigenvalue weighted by atomic mass is 32.2. The number of halogens is 1. The van der Waals surface area contributed by atoms with E-state index in [-0.39, 0.29) is 10.8 Å². The standard InChI is InChI=1S/C7H8FN3O2S2/c8-4-2-1-3-5(15(10,12)13)6(4)11-7(9)14/h1-3H,(H3,9,11,14)(H2,10,12,13). The molecule has 0 aliphatic carbocycles. The van der Waals surface area contributed by atoms with E-state index in [2.05, 4.69) is 17.5 Å². The summed E-state index contributed by atoms with van der Waals surface area (Å²) in [6.07, 6.45) is 0. The Morgan fingerprint density at radius 1 is 1.47 bits per heavy atom. The van der Waals surface area contributed by atoms with Gasteiger partial charge in [0.1, 0.15) is 10.7 Å². The maximum atomic E-state index is 13.2. The van der Waals surface area contributed by atoms with Crippen LogP contribution in [-0.2, 0) is 10.0 Å². The Hall–Kier alpha value is -1.25. The van der Waals surface area contributed by atoms with Gasteiger partial charge in [-0.1, -0.05) is 6.07 Å². The van der Waals surface area contributed by atoms with Crippen molar-refractivity contribution in [2.24, 2.45) is 10.9 Å². The molecule has 1 aromatic rings. The molecule has 0 fully saturated rings. The quantitative estimate of drug-likeness (QED) is 0.647. The lowest BCUT2D eigenvalue weighted by Crippen LogP contribution is -2.23. The van der Waals surface area contributed by atoms with E-state index in [1.807, 2.05) is 0 Å². The predicted octanol–water partition coefficient (Wildman–Crippen LogP) is 0.129. The zero-order chi connectivity index (χ0) is 11.6. The van der Waals surface area contributed by atoms with Crippen LogP contribution in [0.4, 0.5) is 10.1 Å². The molecule has 0 saturated carbocycles. The number of hydrogen-bond donors (Lipinski definition) is 3. The van der Waals surface area contributed by atoms with Gasteiger partial charge < -0.3 is 11.1 Å². The topological polar surface area (TPSA) is 98.2 Å². The number of nitrogens with one attached hydrogen (secondary N) is 1. The zero-order valence-corrected chi connectivity index (χ0v) is 9.03. The van der Waals surface area contributed by atoms with Gasteiger partial charge in [0.05, 0.1) is 5.69 Å². The first-order chi connectivity index (χ1) is 6.82. The molecule has 0 atom stereocenters. The number of rotatable bonds is 2. The van der Waals surface area contributed by atoms with E-state index in [1.165, 1.54) is 6.07 Å². The average Bonchev–Trinajstić information content (AvgIpc) is 2.05. The number of nitrogens with two attached hydrogens (primary N) is 2. The molecule has 15 heavy (non-hydrogen) atoms. The molecule has 0 heterocycles. The Balaban J connectivity index is 3.40. The molecule has 0 radical (unpaired) electrons. The summed E-state index contributed by atoms with van der Waals surface area (Å²) in [7, 11) is -4.02. The van der Waals surface area contributed by atoms with Crippen molar-refractivity contribution in [3.8, 4) is 0 Å². The van der Waals surface area contributed by atoms with E-state index in [9.17, 15) is 12.8 Å². The molecule has 0 aliphatic rings. The van der Waals surface area contributed by atoms with Gasteiger partial charge in [0.15, 0.2) is 5.11 Å². The second kappa shape index (κ2) is 4.09. The highest BCUT2D eigenvalue weighted by molar-refractivity contribution is 7.89. The smallest absolute Gasteiger partial charge is 0.240 e. The number of sulfonamides is 1. The summed E-state index contributed by atoms with van der Waals surface area (Å²) in [5.74, 6) is -0.797. The van der Waals surface area contributed by atoms with Crippen LogP contribution in [-0.4, -0.2) is 13.5 Å². The van der Waals surface area contributed by atoms with E-state index in [4.69, 9.17) is 10.9 Å². The Bertz CT molecular complexity index is 501. The third kappa shape index (κ3) is 2.85. The van der Waals surface area contributed by atoms with Crippen LogP contribution >= 0.6 is 12.2 Å². The van der Waals surface area contributed by atoms with Crippen LogP contribution in [0.25, 0.3) is 0 Å². The Morgan fingerprint density at radius 3 is 2.53 bits per heavy atom. The normalized spacial score (nSPS) is 11.1. The first-order valence-corrected chi connectivity index (χ1v) is 5.65. The van der Waals surface area contributed by atoms with E-state index in [0.29, 0.717) is 0 Å². The lowest BCUT2D eigenvalue weighted by atomic mass is 10.3. The average molecular weight is 249 g/mol. The lowest BCUT2D eigenvalue weighted by molar-refractivity contribution is 0.594. The second-order valence-electron chi connectivity index (χ2n) is 2.65. The van der Waals surface area contributed by atoms with E-state index in [0.717, 1.165) is 12.1 Å². The third-order valence-electron chi connectivity index (χ3n) is 1.53. The van der Waals surface area contributed by atoms with Gasteiger partial charge in [-0.2, -0.15) is 0 Å². The molecule has 5 nitrogen and oxygen atoms in total. The Kier molecular flexibility index (Phi) is 3.22. The molecule has 1 rings (SSSR count). The van der Waals surface area contributed by atoms with E-state index >= 15 is 0 Å². The van der Waals surface area contributed by atoms with E-state index in [1.54, 1.807) is 0 Å². The summed E-state index contributed by atoms with van der Waals surface area (Å²) >= 11 is 4.48. The summed E-state index contributed by atoms with van der Waals surface area (Å²) in [4.78, 5) is -0.393. The van der Waals surface area contributed by atoms with Gasteiger partial charge in [-0.15, -0.1) is 0 Å². The minimum atomic E-state index is -4.02. The molecule has 0 amide bonds. The minimum Gasteiger partial charge on any atom is -0.376 e. The van der Waals surface area contributed by atoms with Crippen LogP contribution in [0.15, 0.2) is 23.1 Å². The molecule has 1 aromatic carbocycles. The summed E-state index contributed by atoms with van der Waals surface area (Å²) in [5.41, 5.74) is 4.78. The number of anilines is 1. The number of benzene rings is 1. The molecule has 0 bridgehead atoms. The molecule has 8 heteroatoms. The molecule has 0 aliphatic heterocycles. The van der Waals surface area contributed by atoms with Gasteiger partial charge >= 0.3 is 0 Å². The minimum absolute atomic E-state index is 0.245. The van der Waals surface area contributed by atoms with Crippen molar-refractivity contribution >= 4 is 33.0 Å². The number of primary sulfonamides is 1. The lowest BCUT2D eigenvalue weighted by Gasteiger charge is -2.09. The Labute approximate surface area is 91.3 Å². The van der Waals surface area contributed by atoms with Crippen molar-refractivity contribution in [3.63, 3.8) is 0 Å². The molecule has 0 unspecified atom stereocenters. The molecule has 5 N–H and O–H groups in total. The summed E-state index contributed by atoms with van der Waals surface area (Å²) in [5, 5.41) is 6.86. The zero-order valence-electron chi connectivity index (χ0n) is 7.40. The summed E-state index contributed by atoms with van der Waals surface area (Å²) < 4.78 is 35.4. The Morgan fingerprint density at radius 2 is 2.07 bits per heavy atom. The van der Waals surface area contributed by atoms with Crippen molar-refractivity contribution in [1.82, 2.24) is 0 Å². The van der Waals surface area contributed by atoms with Crippen LogP contribution in [0.1, 0.15) is 0 Å². The van der Waals surface area contributed by atoms with Crippen LogP contribution in [0, 0.1) is 5.82 Å². The second-order valence-corrected chi connectivity index (χ2v) is 4.62. The van der Waals surface area contributed by atoms with Crippen molar-refractivity contribution in [2.75, 3.05) is 5.32 Å². The van der Waals surface area contributed by atoms with Gasteiger partial charge in [0, 0.05) is 0 Å². The van der Waals surface area contributed by atoms with E-state index < -0.39 is 20.7 Å². The van der Waals surface area contributed by atoms with Crippen molar-refractivity contribution in [2.45, 2.75) is 4.90 Å². The van der Waals surface area contributed by atoms with Crippen molar-refractivity contribution < 1.29 is 12.8 Å². The maximum Gasteiger partial charge on any atom is 0.240 e. The van der Waals surface area contributed by atoms with Gasteiger partial charge in [0.25, 0.3) is 0 Å². The molecule has 0 saturated heterocycles. The first-order valence-electron chi connectivity index (χ1n) is 3.70. The highest BCUT2D eigenvalue weighted by Gasteiger charge is 2.17. The highest BCUT2D eigenvalue weighted by Crippen LogP contribution is 2.22. The number of para-hydroxylation sites is 1. The fraction of sp³-hybridized carbons (Fsp3) is 0. The van der Waals surface area contributed by atoms with Gasteiger partial charge in [-0.25, -0.2) is 17.9 Å². The molecule has 82 valence electrons. The largest absolute Gasteiger partial charge is 0.376 e. The van der Waals surface area contributed by atoms with Gasteiger partial charge in [-0.3, -0.25) is 0 Å². The fourth-order valence-corrected chi connectivity index (χ4v) is 1.79. The van der Waals surface area contributed by atoms with Crippen LogP contribution < -0.4 is 16.2 Å². The predicted molar refractivity (Wildman–Crippen MR) is 58.2 cm³/mol. The molecule has 0 spiro atoms. The monoisotopic (exact) mass is 249 g/mol. The van der Waals surface area contributed by atoms with Crippen molar-refractivity contribution in [1.29, 1.82) is 0 Å². The third-order valence-corrected chi connectivity index (χ3v) is 2.59. The first kappa shape index (κ1) is 11.8. The fourth-order valence-electron chi connectivity index (χ4n) is 0.986. The van der Waals surface area contributed by atoms with Gasteiger partial charge in [0.2, 0.25) is 10.0 Å². The maximum absolute atomic E-state index is 13.2. The SMILES string of the molecule is NC(=S)Nc1c(F)cccc1S(N)(=O)=O.